The van der Waals surface area contributed by atoms with E-state index in [4.69, 9.17) is 0 Å². The number of hydrogen-bond acceptors (Lipinski definition) is 3. The molecule has 37 heavy (non-hydrogen) atoms. The molecule has 3 aromatic rings. The first kappa shape index (κ1) is 25.9. The summed E-state index contributed by atoms with van der Waals surface area (Å²) in [6.07, 6.45) is 7.04. The maximum atomic E-state index is 12.7. The lowest BCUT2D eigenvalue weighted by molar-refractivity contribution is -0.134. The van der Waals surface area contributed by atoms with Gasteiger partial charge in [0.15, 0.2) is 0 Å². The largest absolute Gasteiger partial charge is 0.333 e. The molecule has 0 aromatic heterocycles. The summed E-state index contributed by atoms with van der Waals surface area (Å²) in [5, 5.41) is 5.84. The molecule has 6 heteroatoms. The molecule has 1 aliphatic carbocycles. The van der Waals surface area contributed by atoms with Crippen LogP contribution in [0.2, 0.25) is 0 Å². The molecule has 0 saturated heterocycles. The Morgan fingerprint density at radius 2 is 1.38 bits per heavy atom. The summed E-state index contributed by atoms with van der Waals surface area (Å²) in [6, 6.07) is 24.9. The fraction of sp³-hybridized carbons (Fsp3) is 0.258. The Morgan fingerprint density at radius 1 is 0.811 bits per heavy atom. The van der Waals surface area contributed by atoms with Crippen molar-refractivity contribution in [2.75, 3.05) is 23.7 Å². The maximum absolute atomic E-state index is 12.7. The van der Waals surface area contributed by atoms with Gasteiger partial charge in [0, 0.05) is 23.8 Å². The molecule has 1 saturated carbocycles. The minimum Gasteiger partial charge on any atom is -0.333 e. The highest BCUT2D eigenvalue weighted by molar-refractivity contribution is 5.95. The van der Waals surface area contributed by atoms with Gasteiger partial charge in [0.2, 0.25) is 17.7 Å². The lowest BCUT2D eigenvalue weighted by Gasteiger charge is -2.21. The van der Waals surface area contributed by atoms with Gasteiger partial charge in [-0.15, -0.1) is 0 Å². The SMILES string of the molecule is CCCN(CC(=O)Nc1ccc(/C=C/c2ccc(NC(=O)C3CC3)cc2)cc1)C(=O)Cc1ccccc1. The zero-order valence-corrected chi connectivity index (χ0v) is 21.2. The van der Waals surface area contributed by atoms with Gasteiger partial charge in [-0.3, -0.25) is 14.4 Å². The first-order chi connectivity index (χ1) is 18.0. The highest BCUT2D eigenvalue weighted by Crippen LogP contribution is 2.30. The Kier molecular flexibility index (Phi) is 8.87. The Hall–Kier alpha value is -4.19. The van der Waals surface area contributed by atoms with E-state index < -0.39 is 0 Å². The molecule has 0 bridgehead atoms. The van der Waals surface area contributed by atoms with Gasteiger partial charge in [-0.05, 0) is 60.2 Å². The molecule has 4 rings (SSSR count). The molecular formula is C31H33N3O3. The molecular weight excluding hydrogens is 462 g/mol. The second-order valence-electron chi connectivity index (χ2n) is 9.37. The fourth-order valence-corrected chi connectivity index (χ4v) is 3.96. The fourth-order valence-electron chi connectivity index (χ4n) is 3.96. The lowest BCUT2D eigenvalue weighted by Crippen LogP contribution is -2.39. The first-order valence-electron chi connectivity index (χ1n) is 12.8. The van der Waals surface area contributed by atoms with Gasteiger partial charge in [-0.2, -0.15) is 0 Å². The van der Waals surface area contributed by atoms with E-state index >= 15 is 0 Å². The summed E-state index contributed by atoms with van der Waals surface area (Å²) >= 11 is 0. The van der Waals surface area contributed by atoms with Gasteiger partial charge in [-0.1, -0.05) is 73.7 Å². The Bertz CT molecular complexity index is 1230. The minimum atomic E-state index is -0.216. The molecule has 6 nitrogen and oxygen atoms in total. The molecule has 1 fully saturated rings. The molecule has 0 radical (unpaired) electrons. The molecule has 2 N–H and O–H groups in total. The second-order valence-corrected chi connectivity index (χ2v) is 9.37. The monoisotopic (exact) mass is 495 g/mol. The van der Waals surface area contributed by atoms with Gasteiger partial charge >= 0.3 is 0 Å². The molecule has 1 aliphatic rings. The van der Waals surface area contributed by atoms with E-state index in [-0.39, 0.29) is 36.6 Å². The van der Waals surface area contributed by atoms with Gasteiger partial charge in [0.1, 0.15) is 0 Å². The molecule has 190 valence electrons. The van der Waals surface area contributed by atoms with Crippen LogP contribution in [-0.2, 0) is 20.8 Å². The Labute approximate surface area is 218 Å². The highest BCUT2D eigenvalue weighted by atomic mass is 16.2. The molecule has 0 aliphatic heterocycles. The van der Waals surface area contributed by atoms with Crippen molar-refractivity contribution in [2.45, 2.75) is 32.6 Å². The quantitative estimate of drug-likeness (QED) is 0.339. The maximum Gasteiger partial charge on any atom is 0.243 e. The zero-order valence-electron chi connectivity index (χ0n) is 21.2. The number of nitrogens with one attached hydrogen (secondary N) is 2. The summed E-state index contributed by atoms with van der Waals surface area (Å²) in [5.74, 6) is 0.0195. The van der Waals surface area contributed by atoms with E-state index in [0.717, 1.165) is 41.6 Å². The van der Waals surface area contributed by atoms with Gasteiger partial charge in [0.05, 0.1) is 13.0 Å². The van der Waals surface area contributed by atoms with Crippen LogP contribution < -0.4 is 10.6 Å². The number of nitrogens with zero attached hydrogens (tertiary/aromatic N) is 1. The van der Waals surface area contributed by atoms with Gasteiger partial charge < -0.3 is 15.5 Å². The summed E-state index contributed by atoms with van der Waals surface area (Å²) in [5.41, 5.74) is 4.46. The predicted octanol–water partition coefficient (Wildman–Crippen LogP) is 5.63. The third-order valence-corrected chi connectivity index (χ3v) is 6.17. The van der Waals surface area contributed by atoms with Crippen molar-refractivity contribution < 1.29 is 14.4 Å². The van der Waals surface area contributed by atoms with E-state index in [2.05, 4.69) is 10.6 Å². The number of carbonyl (C=O) groups is 3. The average molecular weight is 496 g/mol. The van der Waals surface area contributed by atoms with Crippen LogP contribution in [0.15, 0.2) is 78.9 Å². The normalized spacial score (nSPS) is 12.8. The summed E-state index contributed by atoms with van der Waals surface area (Å²) < 4.78 is 0. The number of anilines is 2. The van der Waals surface area contributed by atoms with Crippen molar-refractivity contribution in [3.63, 3.8) is 0 Å². The van der Waals surface area contributed by atoms with Crippen LogP contribution in [-0.4, -0.2) is 35.7 Å². The molecule has 3 amide bonds. The first-order valence-corrected chi connectivity index (χ1v) is 12.8. The number of hydrogen-bond donors (Lipinski definition) is 2. The number of carbonyl (C=O) groups excluding carboxylic acids is 3. The van der Waals surface area contributed by atoms with Crippen LogP contribution in [0.5, 0.6) is 0 Å². The van der Waals surface area contributed by atoms with Gasteiger partial charge in [-0.25, -0.2) is 0 Å². The molecule has 0 atom stereocenters. The summed E-state index contributed by atoms with van der Waals surface area (Å²) in [4.78, 5) is 38.9. The number of rotatable bonds is 11. The predicted molar refractivity (Wildman–Crippen MR) is 149 cm³/mol. The van der Waals surface area contributed by atoms with E-state index in [9.17, 15) is 14.4 Å². The standard InChI is InChI=1S/C31H33N3O3/c1-2-20-34(30(36)21-25-6-4-3-5-7-25)22-29(35)32-27-16-10-23(11-17-27)8-9-24-12-18-28(19-13-24)33-31(37)26-14-15-26/h3-13,16-19,26H,2,14-15,20-22H2,1H3,(H,32,35)(H,33,37)/b9-8+. The van der Waals surface area contributed by atoms with Crippen LogP contribution in [0, 0.1) is 5.92 Å². The van der Waals surface area contributed by atoms with Gasteiger partial charge in [0.25, 0.3) is 0 Å². The smallest absolute Gasteiger partial charge is 0.243 e. The van der Waals surface area contributed by atoms with Crippen LogP contribution in [0.1, 0.15) is 42.9 Å². The summed E-state index contributed by atoms with van der Waals surface area (Å²) in [7, 11) is 0. The molecule has 0 spiro atoms. The van der Waals surface area contributed by atoms with Crippen molar-refractivity contribution in [1.29, 1.82) is 0 Å². The molecule has 0 unspecified atom stereocenters. The number of amides is 3. The minimum absolute atomic E-state index is 0.0261. The topological polar surface area (TPSA) is 78.5 Å². The highest BCUT2D eigenvalue weighted by Gasteiger charge is 2.29. The second kappa shape index (κ2) is 12.7. The third-order valence-electron chi connectivity index (χ3n) is 6.17. The summed E-state index contributed by atoms with van der Waals surface area (Å²) in [6.45, 7) is 2.56. The molecule has 0 heterocycles. The van der Waals surface area contributed by atoms with Crippen LogP contribution in [0.4, 0.5) is 11.4 Å². The van der Waals surface area contributed by atoms with E-state index in [1.807, 2.05) is 97.9 Å². The van der Waals surface area contributed by atoms with Crippen molar-refractivity contribution in [3.05, 3.63) is 95.6 Å². The van der Waals surface area contributed by atoms with Crippen LogP contribution in [0.3, 0.4) is 0 Å². The van der Waals surface area contributed by atoms with Crippen LogP contribution >= 0.6 is 0 Å². The zero-order chi connectivity index (χ0) is 26.0. The van der Waals surface area contributed by atoms with E-state index in [1.165, 1.54) is 0 Å². The van der Waals surface area contributed by atoms with E-state index in [1.54, 1.807) is 4.90 Å². The van der Waals surface area contributed by atoms with Crippen molar-refractivity contribution >= 4 is 41.2 Å². The van der Waals surface area contributed by atoms with Crippen LogP contribution in [0.25, 0.3) is 12.2 Å². The average Bonchev–Trinajstić information content (AvgIpc) is 3.75. The lowest BCUT2D eigenvalue weighted by atomic mass is 10.1. The Morgan fingerprint density at radius 3 is 1.92 bits per heavy atom. The van der Waals surface area contributed by atoms with Crippen molar-refractivity contribution in [3.8, 4) is 0 Å². The van der Waals surface area contributed by atoms with E-state index in [0.29, 0.717) is 12.2 Å². The van der Waals surface area contributed by atoms with Crippen molar-refractivity contribution in [2.24, 2.45) is 5.92 Å². The Balaban J connectivity index is 1.27. The number of benzene rings is 3. The molecule has 3 aromatic carbocycles. The third kappa shape index (κ3) is 8.17. The van der Waals surface area contributed by atoms with Crippen molar-refractivity contribution in [1.82, 2.24) is 4.90 Å².